The molecule has 0 saturated carbocycles. The van der Waals surface area contributed by atoms with Crippen LogP contribution in [0, 0.1) is 5.41 Å². The van der Waals surface area contributed by atoms with Gasteiger partial charge in [0.15, 0.2) is 0 Å². The Kier molecular flexibility index (Phi) is 4.27. The van der Waals surface area contributed by atoms with Crippen molar-refractivity contribution in [1.82, 2.24) is 0 Å². The third-order valence-corrected chi connectivity index (χ3v) is 3.74. The van der Waals surface area contributed by atoms with Crippen LogP contribution < -0.4 is 5.32 Å². The first-order valence-electron chi connectivity index (χ1n) is 4.68. The van der Waals surface area contributed by atoms with Gasteiger partial charge in [0.1, 0.15) is 0 Å². The molecule has 2 nitrogen and oxygen atoms in total. The molecule has 0 aliphatic rings. The number of halogens is 3. The molecule has 0 radical (unpaired) electrons. The van der Waals surface area contributed by atoms with Crippen LogP contribution in [-0.2, 0) is 4.79 Å². The summed E-state index contributed by atoms with van der Waals surface area (Å²) in [6, 6.07) is 3.45. The summed E-state index contributed by atoms with van der Waals surface area (Å²) in [6.07, 6.45) is 0. The maximum Gasteiger partial charge on any atom is 0.229 e. The van der Waals surface area contributed by atoms with Crippen LogP contribution in [0.15, 0.2) is 16.6 Å². The lowest BCUT2D eigenvalue weighted by Gasteiger charge is -2.18. The first-order valence-corrected chi connectivity index (χ1v) is 6.23. The van der Waals surface area contributed by atoms with Crippen LogP contribution in [0.3, 0.4) is 0 Å². The lowest BCUT2D eigenvalue weighted by atomic mass is 9.95. The van der Waals surface area contributed by atoms with Crippen LogP contribution >= 0.6 is 39.1 Å². The fourth-order valence-corrected chi connectivity index (χ4v) is 1.75. The van der Waals surface area contributed by atoms with Gasteiger partial charge in [-0.25, -0.2) is 0 Å². The number of carbonyl (C=O) groups excluding carboxylic acids is 1. The zero-order chi connectivity index (χ0) is 12.5. The number of amides is 1. The summed E-state index contributed by atoms with van der Waals surface area (Å²) in [5.74, 6) is -0.104. The number of rotatable bonds is 1. The highest BCUT2D eigenvalue weighted by atomic mass is 79.9. The summed E-state index contributed by atoms with van der Waals surface area (Å²) in [5.41, 5.74) is 0.0536. The molecule has 1 N–H and O–H groups in total. The van der Waals surface area contributed by atoms with Crippen LogP contribution in [0.1, 0.15) is 20.8 Å². The highest BCUT2D eigenvalue weighted by Crippen LogP contribution is 2.36. The molecule has 0 bridgehead atoms. The Bertz CT molecular complexity index is 427. The molecular weight excluding hydrogens is 313 g/mol. The zero-order valence-corrected chi connectivity index (χ0v) is 12.3. The second-order valence-corrected chi connectivity index (χ2v) is 6.04. The van der Waals surface area contributed by atoms with Gasteiger partial charge in [-0.1, -0.05) is 44.0 Å². The van der Waals surface area contributed by atoms with Crippen molar-refractivity contribution in [1.29, 1.82) is 0 Å². The highest BCUT2D eigenvalue weighted by Gasteiger charge is 2.22. The fourth-order valence-electron chi connectivity index (χ4n) is 0.932. The molecule has 1 aromatic rings. The number of carbonyl (C=O) groups is 1. The Morgan fingerprint density at radius 1 is 1.25 bits per heavy atom. The Hall–Kier alpha value is -0.250. The van der Waals surface area contributed by atoms with E-state index in [-0.39, 0.29) is 5.91 Å². The molecule has 0 aliphatic heterocycles. The molecule has 0 aromatic heterocycles. The number of nitrogens with one attached hydrogen (secondary N) is 1. The second-order valence-electron chi connectivity index (χ2n) is 4.43. The standard InChI is InChI=1S/C11H12BrCl2NO/c1-11(2,3)10(16)15-7-5-4-6(12)8(13)9(7)14/h4-5H,1-3H3,(H,15,16). The molecule has 1 amide bonds. The minimum atomic E-state index is -0.469. The van der Waals surface area contributed by atoms with Crippen molar-refractivity contribution >= 4 is 50.7 Å². The van der Waals surface area contributed by atoms with Crippen molar-refractivity contribution in [2.24, 2.45) is 5.41 Å². The van der Waals surface area contributed by atoms with Crippen molar-refractivity contribution in [3.05, 3.63) is 26.7 Å². The van der Waals surface area contributed by atoms with E-state index in [1.54, 1.807) is 12.1 Å². The van der Waals surface area contributed by atoms with Crippen LogP contribution in [0.5, 0.6) is 0 Å². The van der Waals surface area contributed by atoms with Crippen molar-refractivity contribution in [2.45, 2.75) is 20.8 Å². The molecule has 0 unspecified atom stereocenters. The molecule has 1 aromatic carbocycles. The van der Waals surface area contributed by atoms with E-state index in [1.807, 2.05) is 20.8 Å². The molecule has 88 valence electrons. The fraction of sp³-hybridized carbons (Fsp3) is 0.364. The maximum atomic E-state index is 11.8. The summed E-state index contributed by atoms with van der Waals surface area (Å²) >= 11 is 15.2. The highest BCUT2D eigenvalue weighted by molar-refractivity contribution is 9.10. The van der Waals surface area contributed by atoms with Gasteiger partial charge in [0.25, 0.3) is 0 Å². The van der Waals surface area contributed by atoms with Gasteiger partial charge in [-0.15, -0.1) is 0 Å². The number of anilines is 1. The van der Waals surface area contributed by atoms with Crippen molar-refractivity contribution < 1.29 is 4.79 Å². The first-order chi connectivity index (χ1) is 7.23. The number of hydrogen-bond donors (Lipinski definition) is 1. The van der Waals surface area contributed by atoms with E-state index in [1.165, 1.54) is 0 Å². The molecule has 5 heteroatoms. The normalized spacial score (nSPS) is 11.4. The molecule has 0 saturated heterocycles. The lowest BCUT2D eigenvalue weighted by Crippen LogP contribution is -2.27. The molecular formula is C11H12BrCl2NO. The quantitative estimate of drug-likeness (QED) is 0.743. The van der Waals surface area contributed by atoms with Crippen LogP contribution in [-0.4, -0.2) is 5.91 Å². The van der Waals surface area contributed by atoms with Gasteiger partial charge in [0, 0.05) is 9.89 Å². The smallest absolute Gasteiger partial charge is 0.229 e. The molecule has 0 heterocycles. The van der Waals surface area contributed by atoms with Gasteiger partial charge in [0.05, 0.1) is 15.7 Å². The van der Waals surface area contributed by atoms with Crippen LogP contribution in [0.2, 0.25) is 10.0 Å². The van der Waals surface area contributed by atoms with E-state index in [0.29, 0.717) is 20.2 Å². The van der Waals surface area contributed by atoms with Crippen LogP contribution in [0.4, 0.5) is 5.69 Å². The number of hydrogen-bond acceptors (Lipinski definition) is 1. The van der Waals surface area contributed by atoms with E-state index in [0.717, 1.165) is 0 Å². The summed E-state index contributed by atoms with van der Waals surface area (Å²) in [7, 11) is 0. The predicted molar refractivity (Wildman–Crippen MR) is 72.2 cm³/mol. The van der Waals surface area contributed by atoms with Crippen molar-refractivity contribution in [2.75, 3.05) is 5.32 Å². The average Bonchev–Trinajstić information content (AvgIpc) is 2.17. The van der Waals surface area contributed by atoms with Gasteiger partial charge in [-0.3, -0.25) is 4.79 Å². The summed E-state index contributed by atoms with van der Waals surface area (Å²) in [4.78, 5) is 11.8. The monoisotopic (exact) mass is 323 g/mol. The van der Waals surface area contributed by atoms with E-state index in [9.17, 15) is 4.79 Å². The summed E-state index contributed by atoms with van der Waals surface area (Å²) in [5, 5.41) is 3.48. The molecule has 0 atom stereocenters. The Morgan fingerprint density at radius 2 is 1.81 bits per heavy atom. The van der Waals surface area contributed by atoms with E-state index < -0.39 is 5.41 Å². The van der Waals surface area contributed by atoms with E-state index in [4.69, 9.17) is 23.2 Å². The molecule has 0 fully saturated rings. The summed E-state index contributed by atoms with van der Waals surface area (Å²) < 4.78 is 0.702. The SMILES string of the molecule is CC(C)(C)C(=O)Nc1ccc(Br)c(Cl)c1Cl. The maximum absolute atomic E-state index is 11.8. The third kappa shape index (κ3) is 3.12. The van der Waals surface area contributed by atoms with Gasteiger partial charge in [-0.05, 0) is 28.1 Å². The van der Waals surface area contributed by atoms with Gasteiger partial charge in [0.2, 0.25) is 5.91 Å². The third-order valence-electron chi connectivity index (χ3n) is 1.96. The minimum absolute atomic E-state index is 0.104. The first kappa shape index (κ1) is 13.8. The van der Waals surface area contributed by atoms with Gasteiger partial charge >= 0.3 is 0 Å². The second kappa shape index (κ2) is 4.94. The average molecular weight is 325 g/mol. The minimum Gasteiger partial charge on any atom is -0.324 e. The molecule has 1 rings (SSSR count). The Morgan fingerprint density at radius 3 is 2.31 bits per heavy atom. The van der Waals surface area contributed by atoms with Gasteiger partial charge < -0.3 is 5.32 Å². The van der Waals surface area contributed by atoms with Crippen molar-refractivity contribution in [3.63, 3.8) is 0 Å². The summed E-state index contributed by atoms with van der Waals surface area (Å²) in [6.45, 7) is 5.49. The lowest BCUT2D eigenvalue weighted by molar-refractivity contribution is -0.123. The predicted octanol–water partition coefficient (Wildman–Crippen LogP) is 4.74. The molecule has 0 spiro atoms. The largest absolute Gasteiger partial charge is 0.324 e. The van der Waals surface area contributed by atoms with Crippen LogP contribution in [0.25, 0.3) is 0 Å². The topological polar surface area (TPSA) is 29.1 Å². The molecule has 16 heavy (non-hydrogen) atoms. The Balaban J connectivity index is 3.00. The van der Waals surface area contributed by atoms with E-state index >= 15 is 0 Å². The van der Waals surface area contributed by atoms with Crippen molar-refractivity contribution in [3.8, 4) is 0 Å². The van der Waals surface area contributed by atoms with E-state index in [2.05, 4.69) is 21.2 Å². The zero-order valence-electron chi connectivity index (χ0n) is 9.20. The Labute approximate surface area is 113 Å². The number of benzene rings is 1. The van der Waals surface area contributed by atoms with Gasteiger partial charge in [-0.2, -0.15) is 0 Å². The molecule has 0 aliphatic carbocycles.